The second-order valence-electron chi connectivity index (χ2n) is 22.0. The molecule has 3 aliphatic heterocycles. The van der Waals surface area contributed by atoms with Crippen LogP contribution in [0.4, 0.5) is 5.69 Å². The van der Waals surface area contributed by atoms with E-state index >= 15 is 0 Å². The van der Waals surface area contributed by atoms with E-state index in [1.165, 1.54) is 98.0 Å². The molecule has 14 rings (SSSR count). The average molecular weight is 1520 g/mol. The van der Waals surface area contributed by atoms with Gasteiger partial charge in [-0.05, 0) is 125 Å². The average Bonchev–Trinajstić information content (AvgIpc) is 1.46. The summed E-state index contributed by atoms with van der Waals surface area (Å²) in [5, 5.41) is 22.3. The molecule has 6 heterocycles. The van der Waals surface area contributed by atoms with Crippen LogP contribution in [0.25, 0.3) is 55.7 Å². The monoisotopic (exact) mass is 1520 g/mol. The zero-order valence-electron chi connectivity index (χ0n) is 51.2. The minimum absolute atomic E-state index is 0.205. The van der Waals surface area contributed by atoms with Crippen molar-refractivity contribution in [3.8, 4) is 68.4 Å². The van der Waals surface area contributed by atoms with E-state index in [0.717, 1.165) is 61.2 Å². The molecule has 9 aromatic rings. The van der Waals surface area contributed by atoms with Gasteiger partial charge in [0, 0.05) is 66.1 Å². The molecular formula is C67H63Cl12N4O9P. The predicted octanol–water partition coefficient (Wildman–Crippen LogP) is 22.6. The molecule has 0 saturated heterocycles. The molecule has 2 aliphatic carbocycles. The Morgan fingerprint density at radius 3 is 1.01 bits per heavy atom. The number of fused-ring (bicyclic) bond motifs is 11. The Bertz CT molecular complexity index is 4010. The number of aromatic nitrogens is 3. The summed E-state index contributed by atoms with van der Waals surface area (Å²) in [6.45, 7) is 17.2. The molecule has 5 aliphatic rings. The van der Waals surface area contributed by atoms with Crippen LogP contribution in [0.15, 0.2) is 72.8 Å². The normalized spacial score (nSPS) is 15.3. The Labute approximate surface area is 598 Å². The molecule has 0 fully saturated rings. The number of benzene rings is 6. The quantitative estimate of drug-likeness (QED) is 0.0752. The molecule has 6 aromatic carbocycles. The number of unbranched alkanes of at least 4 members (excludes halogenated alkanes) is 2. The van der Waals surface area contributed by atoms with Crippen LogP contribution in [0.5, 0.6) is 34.5 Å². The molecule has 3 aromatic heterocycles. The number of nitrogens with one attached hydrogen (secondary N) is 1. The molecule has 0 amide bonds. The van der Waals surface area contributed by atoms with Gasteiger partial charge in [0.05, 0.1) is 11.0 Å². The fourth-order valence-electron chi connectivity index (χ4n) is 11.9. The van der Waals surface area contributed by atoms with Gasteiger partial charge < -0.3 is 20.2 Å². The van der Waals surface area contributed by atoms with Crippen LogP contribution in [0.3, 0.4) is 0 Å². The number of pyridine rings is 3. The van der Waals surface area contributed by atoms with Gasteiger partial charge in [-0.2, -0.15) is 0 Å². The molecule has 1 spiro atoms. The van der Waals surface area contributed by atoms with E-state index in [1.54, 1.807) is 20.8 Å². The van der Waals surface area contributed by atoms with Crippen LogP contribution in [-0.2, 0) is 25.7 Å². The summed E-state index contributed by atoms with van der Waals surface area (Å²) >= 11 is 75.9. The number of H-pyrrole nitrogens is 1. The number of nitrogens with zero attached hydrogens (tertiary/aromatic N) is 3. The third-order valence-corrected chi connectivity index (χ3v) is 24.7. The Morgan fingerprint density at radius 2 is 0.710 bits per heavy atom. The van der Waals surface area contributed by atoms with E-state index in [0.29, 0.717) is 0 Å². The summed E-state index contributed by atoms with van der Waals surface area (Å²) in [6, 6.07) is 26.7. The summed E-state index contributed by atoms with van der Waals surface area (Å²) in [4.78, 5) is 17.3. The number of para-hydroxylation sites is 2. The Balaban J connectivity index is 0.000000185. The van der Waals surface area contributed by atoms with Crippen molar-refractivity contribution in [1.82, 2.24) is 9.97 Å². The molecule has 0 saturated carbocycles. The molecule has 26 heteroatoms. The predicted molar refractivity (Wildman–Crippen MR) is 385 cm³/mol. The van der Waals surface area contributed by atoms with E-state index < -0.39 is 7.31 Å². The van der Waals surface area contributed by atoms with Gasteiger partial charge in [0.25, 0.3) is 0 Å². The van der Waals surface area contributed by atoms with Crippen molar-refractivity contribution in [2.75, 3.05) is 37.8 Å². The molecule has 93 heavy (non-hydrogen) atoms. The van der Waals surface area contributed by atoms with Crippen LogP contribution in [0.1, 0.15) is 93.7 Å². The first kappa shape index (κ1) is 71.5. The second kappa shape index (κ2) is 28.3. The molecule has 4 N–H and O–H groups in total. The summed E-state index contributed by atoms with van der Waals surface area (Å²) < 4.78 is 36.9. The standard InChI is InChI=1S/C43H44N4.C18Cl12O6P.3C2H6O/c1-5-7-25-47(26-8-6-2)30-19-17-29(18-20-30)39-35-23-21-33-27(3)31-13-9-11-15-37(31)44-40(33)42(35)46-43-36(39)24-22-34-28(4)32-14-10-12-16-38(32)45-41(34)43;19-1-2(20)8(26)14-13(7(1)25)31-37(32-14,33-15-9(27)3(21)4(22)10(28)16(15)34-37)35-17-11(29)5(23)6(24)12(30)18(17)36-37;3*1-2-3/h9-20H,5-8,21-26H2,1-4H3;;3*3H,2H2,1H3/q;-1;;;/p+1. The number of aliphatic hydroxyl groups is 3. The molecule has 0 atom stereocenters. The number of hydrogen-bond acceptors (Lipinski definition) is 12. The Kier molecular flexibility index (Phi) is 21.7. The summed E-state index contributed by atoms with van der Waals surface area (Å²) in [6.07, 6.45) is 8.89. The number of aryl methyl sites for hydroxylation is 2. The minimum atomic E-state index is -6.81. The van der Waals surface area contributed by atoms with Crippen LogP contribution in [0.2, 0.25) is 60.3 Å². The summed E-state index contributed by atoms with van der Waals surface area (Å²) in [5.74, 6) is -2.13. The summed E-state index contributed by atoms with van der Waals surface area (Å²) in [5.41, 5.74) is 19.0. The van der Waals surface area contributed by atoms with E-state index in [4.69, 9.17) is 192 Å². The summed E-state index contributed by atoms with van der Waals surface area (Å²) in [7, 11) is -6.81. The first-order valence-corrected chi connectivity index (χ1v) is 36.7. The van der Waals surface area contributed by atoms with E-state index in [9.17, 15) is 0 Å². The third-order valence-electron chi connectivity index (χ3n) is 16.0. The Morgan fingerprint density at radius 1 is 0.419 bits per heavy atom. The van der Waals surface area contributed by atoms with Crippen molar-refractivity contribution < 1.29 is 47.4 Å². The van der Waals surface area contributed by atoms with Crippen LogP contribution in [-0.4, -0.2) is 58.2 Å². The SMILES string of the molecule is CCCCN(CCCC)c1ccc(-c2c3c([nH+]c4c2CCc2c-4nc4ccccc4c2C)-c2nc4ccccc4c(C)c2CC3)cc1.CCO.CCO.CCO.Clc1c(Cl)c(Cl)c2c(c1Cl)O[P-]13(O2)(Oc2c(Cl)c(Cl)c(Cl)c(Cl)c2O1)Oc1c(Cl)c(Cl)c(Cl)c(Cl)c1O3. The molecule has 494 valence electrons. The molecule has 0 radical (unpaired) electrons. The van der Waals surface area contributed by atoms with Crippen LogP contribution >= 0.6 is 147 Å². The van der Waals surface area contributed by atoms with E-state index in [1.807, 2.05) is 0 Å². The number of halogens is 12. The third kappa shape index (κ3) is 12.4. The number of anilines is 1. The molecule has 0 bridgehead atoms. The van der Waals surface area contributed by atoms with Crippen molar-refractivity contribution in [2.45, 2.75) is 99.8 Å². The number of aliphatic hydroxyl groups excluding tert-OH is 3. The van der Waals surface area contributed by atoms with Gasteiger partial charge in [-0.15, -0.1) is 0 Å². The van der Waals surface area contributed by atoms with Crippen LogP contribution < -0.4 is 37.0 Å². The topological polar surface area (TPSA) is 159 Å². The molecule has 13 nitrogen and oxygen atoms in total. The fraction of sp³-hybridized carbons (Fsp3) is 0.299. The number of rotatable bonds is 8. The van der Waals surface area contributed by atoms with Gasteiger partial charge in [0.1, 0.15) is 11.4 Å². The van der Waals surface area contributed by atoms with Gasteiger partial charge in [-0.25, -0.2) is 15.0 Å². The van der Waals surface area contributed by atoms with Gasteiger partial charge in [-0.1, -0.05) is 75.2 Å². The van der Waals surface area contributed by atoms with E-state index in [2.05, 4.69) is 110 Å². The first-order valence-electron chi connectivity index (χ1n) is 30.0. The van der Waals surface area contributed by atoms with Crippen molar-refractivity contribution >= 4 is 174 Å². The number of aromatic amines is 1. The van der Waals surface area contributed by atoms with Gasteiger partial charge >= 0.3 is 268 Å². The maximum absolute atomic E-state index is 7.57. The number of hydrogen-bond donors (Lipinski definition) is 3. The molecule has 0 unspecified atom stereocenters. The maximum atomic E-state index is 7.57. The first-order chi connectivity index (χ1) is 44.4. The zero-order chi connectivity index (χ0) is 67.2. The second-order valence-corrected chi connectivity index (χ2v) is 29.8. The van der Waals surface area contributed by atoms with Crippen molar-refractivity contribution in [2.24, 2.45) is 0 Å². The van der Waals surface area contributed by atoms with Crippen LogP contribution in [0, 0.1) is 13.8 Å². The molecular weight excluding hydrogens is 1460 g/mol. The van der Waals surface area contributed by atoms with Gasteiger partial charge in [0.15, 0.2) is 0 Å². The van der Waals surface area contributed by atoms with Crippen molar-refractivity contribution in [3.63, 3.8) is 0 Å². The van der Waals surface area contributed by atoms with Crippen molar-refractivity contribution in [3.05, 3.63) is 166 Å². The Hall–Kier alpha value is -4.32. The fourth-order valence-corrected chi connectivity index (χ4v) is 18.7. The van der Waals surface area contributed by atoms with Crippen molar-refractivity contribution in [1.29, 1.82) is 0 Å². The van der Waals surface area contributed by atoms with E-state index in [-0.39, 0.29) is 115 Å². The van der Waals surface area contributed by atoms with Gasteiger partial charge in [-0.3, -0.25) is 0 Å². The van der Waals surface area contributed by atoms with Gasteiger partial charge in [0.2, 0.25) is 11.4 Å². The zero-order valence-corrected chi connectivity index (χ0v) is 61.2.